The van der Waals surface area contributed by atoms with Crippen molar-refractivity contribution in [3.63, 3.8) is 0 Å². The van der Waals surface area contributed by atoms with Crippen molar-refractivity contribution in [2.45, 2.75) is 18.6 Å². The molecule has 5 nitrogen and oxygen atoms in total. The second-order valence-electron chi connectivity index (χ2n) is 5.88. The first-order valence-corrected chi connectivity index (χ1v) is 8.33. The lowest BCUT2D eigenvalue weighted by atomic mass is 10.0. The lowest BCUT2D eigenvalue weighted by Crippen LogP contribution is -2.40. The number of aromatic nitrogens is 2. The summed E-state index contributed by atoms with van der Waals surface area (Å²) in [6.07, 6.45) is 1.70. The maximum absolute atomic E-state index is 10.3. The number of hydrogen-bond acceptors (Lipinski definition) is 5. The Hall–Kier alpha value is -2.76. The van der Waals surface area contributed by atoms with Crippen molar-refractivity contribution in [1.29, 1.82) is 0 Å². The quantitative estimate of drug-likeness (QED) is 0.618. The summed E-state index contributed by atoms with van der Waals surface area (Å²) in [6.45, 7) is 0.182. The van der Waals surface area contributed by atoms with Crippen molar-refractivity contribution in [3.05, 3.63) is 78.5 Å². The van der Waals surface area contributed by atoms with Gasteiger partial charge in [0.2, 0.25) is 0 Å². The first kappa shape index (κ1) is 17.1. The first-order chi connectivity index (χ1) is 12.3. The minimum Gasteiger partial charge on any atom is -0.390 e. The monoisotopic (exact) mass is 334 g/mol. The van der Waals surface area contributed by atoms with E-state index in [1.54, 1.807) is 12.3 Å². The van der Waals surface area contributed by atoms with Crippen LogP contribution in [0.5, 0.6) is 0 Å². The Kier molecular flexibility index (Phi) is 5.72. The molecular weight excluding hydrogens is 312 g/mol. The van der Waals surface area contributed by atoms with Gasteiger partial charge < -0.3 is 16.2 Å². The topological polar surface area (TPSA) is 84.1 Å². The van der Waals surface area contributed by atoms with Crippen molar-refractivity contribution >= 4 is 5.82 Å². The summed E-state index contributed by atoms with van der Waals surface area (Å²) >= 11 is 0. The standard InChI is InChI=1S/C20H22N4O/c21-14-18(25)17(13-15-7-3-1-4-8-15)23-19-11-12-22-20(24-19)16-9-5-2-6-10-16/h1-12,17-18,25H,13-14,21H2,(H,22,23,24)/t17-,18+/m0/s1. The summed E-state index contributed by atoms with van der Waals surface area (Å²) in [7, 11) is 0. The van der Waals surface area contributed by atoms with Gasteiger partial charge in [-0.25, -0.2) is 9.97 Å². The predicted octanol–water partition coefficient (Wildman–Crippen LogP) is 2.49. The first-order valence-electron chi connectivity index (χ1n) is 8.33. The number of anilines is 1. The van der Waals surface area contributed by atoms with Gasteiger partial charge in [0.05, 0.1) is 12.1 Å². The number of rotatable bonds is 7. The zero-order valence-corrected chi connectivity index (χ0v) is 13.9. The molecule has 0 radical (unpaired) electrons. The maximum atomic E-state index is 10.3. The Morgan fingerprint density at radius 3 is 2.32 bits per heavy atom. The lowest BCUT2D eigenvalue weighted by molar-refractivity contribution is 0.159. The van der Waals surface area contributed by atoms with Crippen LogP contribution < -0.4 is 11.1 Å². The molecule has 0 aliphatic heterocycles. The molecule has 0 fully saturated rings. The van der Waals surface area contributed by atoms with E-state index in [0.29, 0.717) is 18.1 Å². The SMILES string of the molecule is NC[C@@H](O)[C@H](Cc1ccccc1)Nc1ccnc(-c2ccccc2)n1. The van der Waals surface area contributed by atoms with Crippen molar-refractivity contribution in [3.8, 4) is 11.4 Å². The number of aliphatic hydroxyl groups excluding tert-OH is 1. The van der Waals surface area contributed by atoms with Gasteiger partial charge in [0.1, 0.15) is 5.82 Å². The molecule has 3 rings (SSSR count). The fourth-order valence-electron chi connectivity index (χ4n) is 2.67. The average Bonchev–Trinajstić information content (AvgIpc) is 2.68. The maximum Gasteiger partial charge on any atom is 0.161 e. The summed E-state index contributed by atoms with van der Waals surface area (Å²) in [5.74, 6) is 1.31. The molecule has 0 saturated heterocycles. The third-order valence-electron chi connectivity index (χ3n) is 4.03. The van der Waals surface area contributed by atoms with Gasteiger partial charge in [-0.3, -0.25) is 0 Å². The Bertz CT molecular complexity index is 780. The number of benzene rings is 2. The molecule has 25 heavy (non-hydrogen) atoms. The number of nitrogens with two attached hydrogens (primary N) is 1. The molecule has 3 aromatic rings. The minimum absolute atomic E-state index is 0.182. The fourth-order valence-corrected chi connectivity index (χ4v) is 2.67. The van der Waals surface area contributed by atoms with Gasteiger partial charge in [-0.2, -0.15) is 0 Å². The van der Waals surface area contributed by atoms with E-state index in [1.165, 1.54) is 0 Å². The van der Waals surface area contributed by atoms with Crippen LogP contribution in [0.2, 0.25) is 0 Å². The van der Waals surface area contributed by atoms with Gasteiger partial charge in [-0.1, -0.05) is 60.7 Å². The summed E-state index contributed by atoms with van der Waals surface area (Å²) in [5, 5.41) is 13.6. The Balaban J connectivity index is 1.80. The van der Waals surface area contributed by atoms with Crippen molar-refractivity contribution in [2.75, 3.05) is 11.9 Å². The van der Waals surface area contributed by atoms with Crippen molar-refractivity contribution in [1.82, 2.24) is 9.97 Å². The van der Waals surface area contributed by atoms with Crippen LogP contribution in [0.4, 0.5) is 5.82 Å². The summed E-state index contributed by atoms with van der Waals surface area (Å²) < 4.78 is 0. The van der Waals surface area contributed by atoms with E-state index in [9.17, 15) is 5.11 Å². The van der Waals surface area contributed by atoms with Crippen LogP contribution in [0.25, 0.3) is 11.4 Å². The van der Waals surface area contributed by atoms with Crippen LogP contribution >= 0.6 is 0 Å². The van der Waals surface area contributed by atoms with Crippen LogP contribution in [0.3, 0.4) is 0 Å². The summed E-state index contributed by atoms with van der Waals surface area (Å²) in [6, 6.07) is 21.4. The second kappa shape index (κ2) is 8.37. The highest BCUT2D eigenvalue weighted by molar-refractivity contribution is 5.56. The molecule has 1 heterocycles. The van der Waals surface area contributed by atoms with Gasteiger partial charge in [0.15, 0.2) is 5.82 Å². The van der Waals surface area contributed by atoms with Crippen LogP contribution in [-0.2, 0) is 6.42 Å². The number of nitrogens with one attached hydrogen (secondary N) is 1. The van der Waals surface area contributed by atoms with Crippen LogP contribution in [0.15, 0.2) is 72.9 Å². The molecule has 0 bridgehead atoms. The van der Waals surface area contributed by atoms with E-state index in [-0.39, 0.29) is 12.6 Å². The highest BCUT2D eigenvalue weighted by atomic mass is 16.3. The Morgan fingerprint density at radius 1 is 0.960 bits per heavy atom. The molecule has 0 unspecified atom stereocenters. The smallest absolute Gasteiger partial charge is 0.161 e. The molecule has 0 saturated carbocycles. The zero-order valence-electron chi connectivity index (χ0n) is 13.9. The van der Waals surface area contributed by atoms with E-state index in [1.807, 2.05) is 60.7 Å². The molecule has 0 aliphatic carbocycles. The van der Waals surface area contributed by atoms with E-state index >= 15 is 0 Å². The van der Waals surface area contributed by atoms with Crippen LogP contribution in [0, 0.1) is 0 Å². The third kappa shape index (κ3) is 4.62. The second-order valence-corrected chi connectivity index (χ2v) is 5.88. The van der Waals surface area contributed by atoms with Gasteiger partial charge >= 0.3 is 0 Å². The summed E-state index contributed by atoms with van der Waals surface area (Å²) in [4.78, 5) is 8.89. The van der Waals surface area contributed by atoms with Crippen molar-refractivity contribution in [2.24, 2.45) is 5.73 Å². The Morgan fingerprint density at radius 2 is 1.64 bits per heavy atom. The molecule has 2 atom stereocenters. The number of aliphatic hydroxyl groups is 1. The molecule has 128 valence electrons. The molecule has 2 aromatic carbocycles. The summed E-state index contributed by atoms with van der Waals surface area (Å²) in [5.41, 5.74) is 7.76. The molecule has 4 N–H and O–H groups in total. The largest absolute Gasteiger partial charge is 0.390 e. The lowest BCUT2D eigenvalue weighted by Gasteiger charge is -2.24. The predicted molar refractivity (Wildman–Crippen MR) is 100 cm³/mol. The van der Waals surface area contributed by atoms with Gasteiger partial charge in [0, 0.05) is 18.3 Å². The van der Waals surface area contributed by atoms with Gasteiger partial charge in [0.25, 0.3) is 0 Å². The van der Waals surface area contributed by atoms with E-state index in [4.69, 9.17) is 5.73 Å². The highest BCUT2D eigenvalue weighted by Gasteiger charge is 2.19. The third-order valence-corrected chi connectivity index (χ3v) is 4.03. The van der Waals surface area contributed by atoms with Gasteiger partial charge in [-0.15, -0.1) is 0 Å². The number of nitrogens with zero attached hydrogens (tertiary/aromatic N) is 2. The molecule has 0 spiro atoms. The zero-order chi connectivity index (χ0) is 17.5. The van der Waals surface area contributed by atoms with E-state index < -0.39 is 6.10 Å². The highest BCUT2D eigenvalue weighted by Crippen LogP contribution is 2.17. The van der Waals surface area contributed by atoms with Crippen molar-refractivity contribution < 1.29 is 5.11 Å². The van der Waals surface area contributed by atoms with Crippen LogP contribution in [0.1, 0.15) is 5.56 Å². The fraction of sp³-hybridized carbons (Fsp3) is 0.200. The minimum atomic E-state index is -0.671. The van der Waals surface area contributed by atoms with Gasteiger partial charge in [-0.05, 0) is 18.1 Å². The molecule has 0 amide bonds. The normalized spacial score (nSPS) is 13.2. The average molecular weight is 334 g/mol. The molecular formula is C20H22N4O. The molecule has 1 aromatic heterocycles. The Labute approximate surface area is 147 Å². The number of hydrogen-bond donors (Lipinski definition) is 3. The molecule has 5 heteroatoms. The van der Waals surface area contributed by atoms with E-state index in [0.717, 1.165) is 11.1 Å². The van der Waals surface area contributed by atoms with E-state index in [2.05, 4.69) is 15.3 Å². The molecule has 0 aliphatic rings. The van der Waals surface area contributed by atoms with Crippen LogP contribution in [-0.4, -0.2) is 33.8 Å².